The van der Waals surface area contributed by atoms with Crippen LogP contribution < -0.4 is 0 Å². The predicted molar refractivity (Wildman–Crippen MR) is 245 cm³/mol. The Labute approximate surface area is 331 Å². The molecule has 1 heterocycles. The molecule has 56 heavy (non-hydrogen) atoms. The molecular weight excluding hydrogens is 693 g/mol. The van der Waals surface area contributed by atoms with Crippen molar-refractivity contribution >= 4 is 75.5 Å². The number of hydrogen-bond donors (Lipinski definition) is 0. The van der Waals surface area contributed by atoms with Crippen LogP contribution in [-0.2, 0) is 5.41 Å². The summed E-state index contributed by atoms with van der Waals surface area (Å²) in [7, 11) is 0. The minimum Gasteiger partial charge on any atom is -0.134 e. The maximum absolute atomic E-state index is 4.14. The van der Waals surface area contributed by atoms with Crippen LogP contribution in [0.2, 0.25) is 0 Å². The molecule has 0 amide bonds. The Balaban J connectivity index is 1.14. The number of hydrogen-bond acceptors (Lipinski definition) is 1. The predicted octanol–water partition coefficient (Wildman–Crippen LogP) is 15.9. The molecular formula is C55H38S. The molecule has 1 aliphatic carbocycles. The van der Waals surface area contributed by atoms with Crippen LogP contribution in [0.25, 0.3) is 97.5 Å². The van der Waals surface area contributed by atoms with Gasteiger partial charge in [-0.2, -0.15) is 0 Å². The summed E-state index contributed by atoms with van der Waals surface area (Å²) in [5, 5.41) is 10.5. The minimum atomic E-state index is -0.186. The third kappa shape index (κ3) is 4.78. The van der Waals surface area contributed by atoms with Gasteiger partial charge in [0.05, 0.1) is 0 Å². The van der Waals surface area contributed by atoms with Crippen molar-refractivity contribution in [2.24, 2.45) is 0 Å². The highest BCUT2D eigenvalue weighted by Gasteiger charge is 2.39. The average molecular weight is 731 g/mol. The lowest BCUT2D eigenvalue weighted by Gasteiger charge is -2.24. The van der Waals surface area contributed by atoms with E-state index in [1.165, 1.54) is 97.0 Å². The third-order valence-corrected chi connectivity index (χ3v) is 13.4. The van der Waals surface area contributed by atoms with Gasteiger partial charge >= 0.3 is 0 Å². The van der Waals surface area contributed by atoms with Crippen molar-refractivity contribution in [1.82, 2.24) is 0 Å². The van der Waals surface area contributed by atoms with Gasteiger partial charge in [-0.3, -0.25) is 0 Å². The molecule has 0 N–H and O–H groups in total. The Kier molecular flexibility index (Phi) is 7.33. The number of thiophene rings is 1. The molecule has 10 aromatic rings. The molecule has 11 rings (SSSR count). The molecule has 0 fully saturated rings. The summed E-state index contributed by atoms with van der Waals surface area (Å²) in [5.41, 5.74) is 13.9. The first-order chi connectivity index (χ1) is 27.5. The highest BCUT2D eigenvalue weighted by Crippen LogP contribution is 2.58. The lowest BCUT2D eigenvalue weighted by atomic mass is 9.78. The summed E-state index contributed by atoms with van der Waals surface area (Å²) < 4.78 is 2.75. The molecule has 0 spiro atoms. The van der Waals surface area contributed by atoms with Crippen LogP contribution >= 0.6 is 11.3 Å². The highest BCUT2D eigenvalue weighted by atomic mass is 32.1. The van der Waals surface area contributed by atoms with Crippen LogP contribution in [-0.4, -0.2) is 0 Å². The third-order valence-electron chi connectivity index (χ3n) is 12.2. The Hall–Kier alpha value is -6.54. The molecule has 0 atom stereocenters. The fraction of sp³-hybridized carbons (Fsp3) is 0.0545. The SMILES string of the molecule is C=C/C(=C\c1cccc(-c2c3ccccc3c(-c3ccc4c(c3)C(C)(C)c3c-4c4sc5ccccc5c4c4ccccc34)c3ccccc23)c1)c1ccccc1. The maximum atomic E-state index is 4.14. The van der Waals surface area contributed by atoms with Crippen LogP contribution in [0.1, 0.15) is 36.1 Å². The van der Waals surface area contributed by atoms with Crippen LogP contribution in [0, 0.1) is 0 Å². The number of benzene rings is 9. The summed E-state index contributed by atoms with van der Waals surface area (Å²) in [6, 6.07) is 62.8. The molecule has 0 aliphatic heterocycles. The highest BCUT2D eigenvalue weighted by molar-refractivity contribution is 7.26. The van der Waals surface area contributed by atoms with E-state index in [4.69, 9.17) is 0 Å². The largest absolute Gasteiger partial charge is 0.134 e. The first kappa shape index (κ1) is 32.9. The van der Waals surface area contributed by atoms with E-state index in [-0.39, 0.29) is 5.41 Å². The van der Waals surface area contributed by atoms with Gasteiger partial charge in [0.1, 0.15) is 0 Å². The summed E-state index contributed by atoms with van der Waals surface area (Å²) >= 11 is 1.95. The zero-order valence-corrected chi connectivity index (χ0v) is 32.3. The van der Waals surface area contributed by atoms with Crippen LogP contribution in [0.15, 0.2) is 183 Å². The molecule has 0 saturated heterocycles. The Morgan fingerprint density at radius 1 is 0.518 bits per heavy atom. The topological polar surface area (TPSA) is 0 Å². The number of fused-ring (bicyclic) bond motifs is 12. The lowest BCUT2D eigenvalue weighted by molar-refractivity contribution is 0.667. The van der Waals surface area contributed by atoms with Crippen molar-refractivity contribution in [1.29, 1.82) is 0 Å². The lowest BCUT2D eigenvalue weighted by Crippen LogP contribution is -2.15. The summed E-state index contributed by atoms with van der Waals surface area (Å²) in [5.74, 6) is 0. The van der Waals surface area contributed by atoms with Gasteiger partial charge in [0, 0.05) is 31.2 Å². The molecule has 9 aromatic carbocycles. The van der Waals surface area contributed by atoms with Crippen molar-refractivity contribution in [2.45, 2.75) is 19.3 Å². The number of rotatable bonds is 5. The zero-order chi connectivity index (χ0) is 37.5. The smallest absolute Gasteiger partial charge is 0.0443 e. The fourth-order valence-corrected chi connectivity index (χ4v) is 11.0. The van der Waals surface area contributed by atoms with E-state index >= 15 is 0 Å². The normalized spacial score (nSPS) is 13.5. The molecule has 0 radical (unpaired) electrons. The van der Waals surface area contributed by atoms with Crippen molar-refractivity contribution in [3.05, 3.63) is 205 Å². The molecule has 0 nitrogen and oxygen atoms in total. The monoisotopic (exact) mass is 730 g/mol. The molecule has 264 valence electrons. The molecule has 0 saturated carbocycles. The quantitative estimate of drug-likeness (QED) is 0.0940. The van der Waals surface area contributed by atoms with Gasteiger partial charge in [0.2, 0.25) is 0 Å². The van der Waals surface area contributed by atoms with E-state index in [1.807, 2.05) is 17.4 Å². The molecule has 0 unspecified atom stereocenters. The Morgan fingerprint density at radius 3 is 1.75 bits per heavy atom. The second-order valence-electron chi connectivity index (χ2n) is 15.6. The summed E-state index contributed by atoms with van der Waals surface area (Å²) in [4.78, 5) is 0. The first-order valence-corrected chi connectivity index (χ1v) is 20.3. The van der Waals surface area contributed by atoms with Gasteiger partial charge in [-0.25, -0.2) is 0 Å². The zero-order valence-electron chi connectivity index (χ0n) is 31.4. The van der Waals surface area contributed by atoms with Crippen molar-refractivity contribution in [3.63, 3.8) is 0 Å². The van der Waals surface area contributed by atoms with E-state index < -0.39 is 0 Å². The summed E-state index contributed by atoms with van der Waals surface area (Å²) in [6.07, 6.45) is 4.19. The molecule has 1 heteroatoms. The van der Waals surface area contributed by atoms with Gasteiger partial charge < -0.3 is 0 Å². The molecule has 0 bridgehead atoms. The van der Waals surface area contributed by atoms with E-state index in [1.54, 1.807) is 0 Å². The number of allylic oxidation sites excluding steroid dienone is 2. The van der Waals surface area contributed by atoms with Crippen molar-refractivity contribution in [3.8, 4) is 33.4 Å². The van der Waals surface area contributed by atoms with Crippen LogP contribution in [0.3, 0.4) is 0 Å². The second kappa shape index (κ2) is 12.5. The molecule has 1 aromatic heterocycles. The molecule has 1 aliphatic rings. The first-order valence-electron chi connectivity index (χ1n) is 19.5. The average Bonchev–Trinajstić information content (AvgIpc) is 3.75. The summed E-state index contributed by atoms with van der Waals surface area (Å²) in [6.45, 7) is 9.01. The Bertz CT molecular complexity index is 3220. The van der Waals surface area contributed by atoms with Gasteiger partial charge in [-0.1, -0.05) is 178 Å². The Morgan fingerprint density at radius 2 is 1.09 bits per heavy atom. The van der Waals surface area contributed by atoms with Gasteiger partial charge in [-0.05, 0) is 112 Å². The van der Waals surface area contributed by atoms with Gasteiger partial charge in [0.15, 0.2) is 0 Å². The maximum Gasteiger partial charge on any atom is 0.0443 e. The van der Waals surface area contributed by atoms with Gasteiger partial charge in [-0.15, -0.1) is 11.3 Å². The van der Waals surface area contributed by atoms with Crippen molar-refractivity contribution in [2.75, 3.05) is 0 Å². The standard InChI is InChI=1S/C55H38S/c1-4-35(36-18-6-5-7-19-36)31-34-17-16-20-37(32-34)49-39-21-8-10-23-41(39)50(42-24-11-9-22-40(42)49)38-29-30-45-47(33-38)55(2,3)53-44-26-13-12-25-43(44)51-46-27-14-15-28-48(46)56-54(51)52(45)53/h4-33H,1H2,2-3H3/b35-31+. The second-order valence-corrected chi connectivity index (χ2v) is 16.7. The van der Waals surface area contributed by atoms with E-state index in [9.17, 15) is 0 Å². The minimum absolute atomic E-state index is 0.186. The van der Waals surface area contributed by atoms with Gasteiger partial charge in [0.25, 0.3) is 0 Å². The fourth-order valence-electron chi connectivity index (χ4n) is 9.74. The van der Waals surface area contributed by atoms with E-state index in [2.05, 4.69) is 196 Å². The van der Waals surface area contributed by atoms with E-state index in [0.717, 1.165) is 16.7 Å². The van der Waals surface area contributed by atoms with Crippen molar-refractivity contribution < 1.29 is 0 Å². The van der Waals surface area contributed by atoms with Crippen LogP contribution in [0.4, 0.5) is 0 Å². The van der Waals surface area contributed by atoms with E-state index in [0.29, 0.717) is 0 Å². The van der Waals surface area contributed by atoms with Crippen LogP contribution in [0.5, 0.6) is 0 Å².